The average molecular weight is 622 g/mol. The zero-order chi connectivity index (χ0) is 31.4. The van der Waals surface area contributed by atoms with E-state index in [1.807, 2.05) is 29.9 Å². The number of aromatic nitrogens is 4. The van der Waals surface area contributed by atoms with Crippen molar-refractivity contribution in [3.63, 3.8) is 0 Å². The number of pyridine rings is 1. The Morgan fingerprint density at radius 3 is 2.57 bits per heavy atom. The molecule has 2 aliphatic rings. The van der Waals surface area contributed by atoms with Gasteiger partial charge in [-0.1, -0.05) is 0 Å². The molecule has 1 aromatic carbocycles. The number of imidazole rings is 1. The Hall–Kier alpha value is -3.77. The molecule has 6 rings (SSSR count). The fourth-order valence-corrected chi connectivity index (χ4v) is 6.80. The third-order valence-electron chi connectivity index (χ3n) is 8.25. The van der Waals surface area contributed by atoms with Gasteiger partial charge in [-0.3, -0.25) is 13.8 Å². The lowest BCUT2D eigenvalue weighted by Gasteiger charge is -2.37. The molecule has 0 N–H and O–H groups in total. The van der Waals surface area contributed by atoms with Crippen LogP contribution >= 0.6 is 0 Å². The molecule has 4 aromatic rings. The van der Waals surface area contributed by atoms with Gasteiger partial charge in [0.2, 0.25) is 0 Å². The monoisotopic (exact) mass is 621 g/mol. The maximum atomic E-state index is 13.8. The largest absolute Gasteiger partial charge is 0.460 e. The molecule has 1 amide bonds. The van der Waals surface area contributed by atoms with Crippen LogP contribution in [0.5, 0.6) is 0 Å². The summed E-state index contributed by atoms with van der Waals surface area (Å²) in [6.45, 7) is 6.67. The highest BCUT2D eigenvalue weighted by Gasteiger charge is 2.37. The summed E-state index contributed by atoms with van der Waals surface area (Å²) in [6, 6.07) is 11.6. The van der Waals surface area contributed by atoms with E-state index in [2.05, 4.69) is 21.7 Å². The topological polar surface area (TPSA) is 126 Å². The molecule has 1 saturated carbocycles. The molecule has 2 fully saturated rings. The van der Waals surface area contributed by atoms with Crippen molar-refractivity contribution in [2.75, 3.05) is 19.3 Å². The quantitative estimate of drug-likeness (QED) is 0.207. The van der Waals surface area contributed by atoms with Crippen LogP contribution in [0.2, 0.25) is 0 Å². The fraction of sp³-hybridized carbons (Fsp3) is 0.500. The van der Waals surface area contributed by atoms with Gasteiger partial charge in [0.15, 0.2) is 5.82 Å². The summed E-state index contributed by atoms with van der Waals surface area (Å²) in [5.74, 6) is 0.244. The number of fused-ring (bicyclic) bond motifs is 2. The third-order valence-corrected chi connectivity index (χ3v) is 8.85. The Labute approximate surface area is 257 Å². The highest BCUT2D eigenvalue weighted by Crippen LogP contribution is 2.36. The van der Waals surface area contributed by atoms with E-state index in [4.69, 9.17) is 13.9 Å². The highest BCUT2D eigenvalue weighted by molar-refractivity contribution is 7.86. The molecular formula is C32H39N5O6S. The first-order chi connectivity index (χ1) is 20.8. The molecule has 1 aliphatic heterocycles. The molecule has 4 heterocycles. The van der Waals surface area contributed by atoms with Crippen LogP contribution in [0, 0.1) is 11.8 Å². The van der Waals surface area contributed by atoms with Crippen LogP contribution in [0.15, 0.2) is 42.6 Å². The predicted octanol–water partition coefficient (Wildman–Crippen LogP) is 4.54. The number of carbonyl (C=O) groups excluding carboxylic acids is 2. The fourth-order valence-electron chi connectivity index (χ4n) is 6.10. The van der Waals surface area contributed by atoms with E-state index in [9.17, 15) is 18.0 Å². The minimum atomic E-state index is -3.75. The number of hydrogen-bond acceptors (Lipinski definition) is 8. The van der Waals surface area contributed by atoms with E-state index in [1.54, 1.807) is 37.8 Å². The highest BCUT2D eigenvalue weighted by atomic mass is 32.2. The van der Waals surface area contributed by atoms with Gasteiger partial charge in [0.05, 0.1) is 35.5 Å². The zero-order valence-corrected chi connectivity index (χ0v) is 26.6. The van der Waals surface area contributed by atoms with Gasteiger partial charge in [0, 0.05) is 49.7 Å². The van der Waals surface area contributed by atoms with E-state index >= 15 is 0 Å². The average Bonchev–Trinajstić information content (AvgIpc) is 3.61. The van der Waals surface area contributed by atoms with Gasteiger partial charge in [0.25, 0.3) is 16.0 Å². The molecule has 12 heteroatoms. The Morgan fingerprint density at radius 2 is 1.86 bits per heavy atom. The van der Waals surface area contributed by atoms with Gasteiger partial charge in [-0.05, 0) is 82.3 Å². The summed E-state index contributed by atoms with van der Waals surface area (Å²) in [5, 5.41) is 1.07. The number of aryl methyl sites for hydroxylation is 1. The number of likely N-dealkylation sites (tertiary alicyclic amines) is 1. The van der Waals surface area contributed by atoms with Crippen LogP contribution in [0.1, 0.15) is 56.8 Å². The summed E-state index contributed by atoms with van der Waals surface area (Å²) < 4.78 is 39.0. The van der Waals surface area contributed by atoms with Crippen LogP contribution < -0.4 is 0 Å². The number of carbonyl (C=O) groups is 2. The van der Waals surface area contributed by atoms with Gasteiger partial charge >= 0.3 is 5.97 Å². The Bertz CT molecular complexity index is 1850. The van der Waals surface area contributed by atoms with Crippen molar-refractivity contribution in [1.29, 1.82) is 0 Å². The summed E-state index contributed by atoms with van der Waals surface area (Å²) in [6.07, 6.45) is 4.74. The lowest BCUT2D eigenvalue weighted by Crippen LogP contribution is -2.48. The number of benzene rings is 1. The first-order valence-electron chi connectivity index (χ1n) is 15.1. The first kappa shape index (κ1) is 30.3. The summed E-state index contributed by atoms with van der Waals surface area (Å²) in [5.41, 5.74) is 3.33. The Balaban J connectivity index is 1.27. The summed E-state index contributed by atoms with van der Waals surface area (Å²) >= 11 is 0. The van der Waals surface area contributed by atoms with Gasteiger partial charge < -0.3 is 18.8 Å². The molecule has 3 aromatic heterocycles. The second kappa shape index (κ2) is 11.3. The van der Waals surface area contributed by atoms with E-state index in [1.165, 1.54) is 12.8 Å². The summed E-state index contributed by atoms with van der Waals surface area (Å²) in [4.78, 5) is 37.7. The van der Waals surface area contributed by atoms with Crippen molar-refractivity contribution in [3.05, 3.63) is 48.2 Å². The standard InChI is InChI=1S/C32H39N5O6S/c1-32(2,3)42-28(38)17-23-19-36(14-12-27(23)43-44(5,40)41)31(39)22-10-11-25-24(15-22)34-30(35(25)4)26-16-21-7-6-13-33-29(21)37(26)18-20-8-9-20/h6-7,10-11,13,15-16,20,23,27H,8-9,12,14,17-19H2,1-5H3/t23-,27-/m0/s1. The molecule has 44 heavy (non-hydrogen) atoms. The number of hydrogen-bond donors (Lipinski definition) is 0. The van der Waals surface area contributed by atoms with E-state index in [0.29, 0.717) is 23.5 Å². The van der Waals surface area contributed by atoms with Crippen molar-refractivity contribution >= 4 is 44.1 Å². The normalized spacial score (nSPS) is 19.5. The number of nitrogens with zero attached hydrogens (tertiary/aromatic N) is 5. The minimum Gasteiger partial charge on any atom is -0.460 e. The molecule has 1 aliphatic carbocycles. The van der Waals surface area contributed by atoms with Gasteiger partial charge in [-0.2, -0.15) is 8.42 Å². The van der Waals surface area contributed by atoms with Crippen LogP contribution in [-0.2, 0) is 37.4 Å². The lowest BCUT2D eigenvalue weighted by atomic mass is 9.91. The first-order valence-corrected chi connectivity index (χ1v) is 16.9. The van der Waals surface area contributed by atoms with Crippen molar-refractivity contribution in [2.45, 2.75) is 64.7 Å². The maximum absolute atomic E-state index is 13.8. The van der Waals surface area contributed by atoms with Crippen LogP contribution in [0.3, 0.4) is 0 Å². The van der Waals surface area contributed by atoms with Crippen LogP contribution in [-0.4, -0.2) is 75.3 Å². The van der Waals surface area contributed by atoms with Crippen LogP contribution in [0.25, 0.3) is 33.6 Å². The summed E-state index contributed by atoms with van der Waals surface area (Å²) in [7, 11) is -1.77. The SMILES string of the molecule is Cn1c(-c2cc3cccnc3n2CC2CC2)nc2cc(C(=O)N3CC[C@H](OS(C)(=O)=O)[C@@H](CC(=O)OC(C)(C)C)C3)ccc21. The van der Waals surface area contributed by atoms with Gasteiger partial charge in [0.1, 0.15) is 11.2 Å². The number of amides is 1. The molecule has 1 saturated heterocycles. The smallest absolute Gasteiger partial charge is 0.306 e. The second-order valence-corrected chi connectivity index (χ2v) is 14.7. The molecule has 0 radical (unpaired) electrons. The number of ether oxygens (including phenoxy) is 1. The maximum Gasteiger partial charge on any atom is 0.306 e. The predicted molar refractivity (Wildman–Crippen MR) is 166 cm³/mol. The van der Waals surface area contributed by atoms with Crippen molar-refractivity contribution in [2.24, 2.45) is 18.9 Å². The van der Waals surface area contributed by atoms with E-state index < -0.39 is 33.7 Å². The number of piperidine rings is 1. The Kier molecular flexibility index (Phi) is 7.77. The molecule has 11 nitrogen and oxygen atoms in total. The van der Waals surface area contributed by atoms with Gasteiger partial charge in [-0.15, -0.1) is 0 Å². The van der Waals surface area contributed by atoms with E-state index in [-0.39, 0.29) is 25.3 Å². The molecular weight excluding hydrogens is 582 g/mol. The van der Waals surface area contributed by atoms with Gasteiger partial charge in [-0.25, -0.2) is 9.97 Å². The van der Waals surface area contributed by atoms with E-state index in [0.717, 1.165) is 40.9 Å². The number of rotatable bonds is 8. The molecule has 0 bridgehead atoms. The third kappa shape index (κ3) is 6.51. The van der Waals surface area contributed by atoms with Crippen molar-refractivity contribution in [1.82, 2.24) is 24.0 Å². The zero-order valence-electron chi connectivity index (χ0n) is 25.8. The Morgan fingerprint density at radius 1 is 1.09 bits per heavy atom. The van der Waals surface area contributed by atoms with Crippen LogP contribution in [0.4, 0.5) is 0 Å². The molecule has 0 spiro atoms. The molecule has 0 unspecified atom stereocenters. The molecule has 234 valence electrons. The van der Waals surface area contributed by atoms with Crippen molar-refractivity contribution in [3.8, 4) is 11.5 Å². The minimum absolute atomic E-state index is 0.0619. The number of esters is 1. The lowest BCUT2D eigenvalue weighted by molar-refractivity contribution is -0.157. The molecule has 2 atom stereocenters. The van der Waals surface area contributed by atoms with Crippen molar-refractivity contribution < 1.29 is 26.9 Å². The second-order valence-electron chi connectivity index (χ2n) is 13.1.